The van der Waals surface area contributed by atoms with Gasteiger partial charge in [0, 0.05) is 4.88 Å². The molecule has 1 aromatic rings. The third-order valence-corrected chi connectivity index (χ3v) is 2.99. The first kappa shape index (κ1) is 13.9. The molecule has 1 heterocycles. The van der Waals surface area contributed by atoms with Crippen molar-refractivity contribution in [3.63, 3.8) is 0 Å². The number of amides is 1. The van der Waals surface area contributed by atoms with Crippen molar-refractivity contribution in [2.75, 3.05) is 6.61 Å². The van der Waals surface area contributed by atoms with Crippen molar-refractivity contribution in [1.29, 1.82) is 0 Å². The fraction of sp³-hybridized carbons (Fsp3) is 0.444. The van der Waals surface area contributed by atoms with Crippen molar-refractivity contribution in [2.24, 2.45) is 5.84 Å². The topological polar surface area (TPSA) is 64.4 Å². The van der Waals surface area contributed by atoms with E-state index in [2.05, 4.69) is 4.74 Å². The number of alkyl halides is 3. The molecule has 0 aliphatic heterocycles. The number of thiophene rings is 1. The van der Waals surface area contributed by atoms with Gasteiger partial charge in [-0.15, -0.1) is 11.3 Å². The van der Waals surface area contributed by atoms with Crippen LogP contribution in [-0.4, -0.2) is 18.7 Å². The molecule has 0 spiro atoms. The second kappa shape index (κ2) is 5.48. The average molecular weight is 268 g/mol. The van der Waals surface area contributed by atoms with Gasteiger partial charge in [-0.3, -0.25) is 10.2 Å². The molecular weight excluding hydrogens is 257 g/mol. The first-order valence-electron chi connectivity index (χ1n) is 4.58. The molecule has 0 fully saturated rings. The van der Waals surface area contributed by atoms with E-state index in [1.54, 1.807) is 6.92 Å². The predicted molar refractivity (Wildman–Crippen MR) is 56.4 cm³/mol. The summed E-state index contributed by atoms with van der Waals surface area (Å²) in [5.74, 6) is 4.48. The molecule has 0 aliphatic rings. The monoisotopic (exact) mass is 268 g/mol. The Balaban J connectivity index is 2.60. The van der Waals surface area contributed by atoms with Crippen molar-refractivity contribution >= 4 is 17.2 Å². The number of nitrogen functional groups attached to an aromatic ring is 1. The molecular formula is C9H11F3N2O2S. The van der Waals surface area contributed by atoms with E-state index in [-0.39, 0.29) is 6.61 Å². The van der Waals surface area contributed by atoms with E-state index >= 15 is 0 Å². The van der Waals surface area contributed by atoms with E-state index in [1.165, 1.54) is 6.07 Å². The quantitative estimate of drug-likeness (QED) is 0.496. The van der Waals surface area contributed by atoms with Crippen LogP contribution in [0, 0.1) is 6.92 Å². The number of nitrogens with one attached hydrogen (secondary N) is 1. The highest BCUT2D eigenvalue weighted by atomic mass is 32.1. The summed E-state index contributed by atoms with van der Waals surface area (Å²) in [6.07, 6.45) is -4.35. The zero-order valence-electron chi connectivity index (χ0n) is 8.93. The Bertz CT molecular complexity index is 403. The average Bonchev–Trinajstić information content (AvgIpc) is 2.57. The van der Waals surface area contributed by atoms with Gasteiger partial charge < -0.3 is 4.74 Å². The van der Waals surface area contributed by atoms with Gasteiger partial charge >= 0.3 is 6.18 Å². The van der Waals surface area contributed by atoms with E-state index in [0.29, 0.717) is 10.4 Å². The maximum Gasteiger partial charge on any atom is 0.411 e. The van der Waals surface area contributed by atoms with E-state index in [0.717, 1.165) is 16.2 Å². The van der Waals surface area contributed by atoms with Crippen molar-refractivity contribution in [3.8, 4) is 0 Å². The van der Waals surface area contributed by atoms with Gasteiger partial charge in [0.1, 0.15) is 6.61 Å². The summed E-state index contributed by atoms with van der Waals surface area (Å²) in [5, 5.41) is 0. The first-order chi connectivity index (χ1) is 7.83. The van der Waals surface area contributed by atoms with Crippen LogP contribution >= 0.6 is 11.3 Å². The molecule has 0 radical (unpaired) electrons. The Labute approximate surface area is 99.5 Å². The number of carbonyl (C=O) groups excluding carboxylic acids is 1. The molecule has 96 valence electrons. The number of rotatable bonds is 4. The van der Waals surface area contributed by atoms with Crippen molar-refractivity contribution in [2.45, 2.75) is 19.7 Å². The van der Waals surface area contributed by atoms with E-state index < -0.39 is 18.7 Å². The number of hydrogen-bond donors (Lipinski definition) is 2. The van der Waals surface area contributed by atoms with E-state index in [4.69, 9.17) is 5.84 Å². The molecule has 0 saturated carbocycles. The number of aryl methyl sites for hydroxylation is 1. The Morgan fingerprint density at radius 3 is 2.76 bits per heavy atom. The van der Waals surface area contributed by atoms with Crippen LogP contribution in [-0.2, 0) is 11.3 Å². The summed E-state index contributed by atoms with van der Waals surface area (Å²) in [4.78, 5) is 12.2. The van der Waals surface area contributed by atoms with Crippen molar-refractivity contribution in [3.05, 3.63) is 21.4 Å². The molecule has 8 heteroatoms. The van der Waals surface area contributed by atoms with Crippen molar-refractivity contribution in [1.82, 2.24) is 5.43 Å². The van der Waals surface area contributed by atoms with Crippen LogP contribution in [0.3, 0.4) is 0 Å². The maximum absolute atomic E-state index is 11.8. The van der Waals surface area contributed by atoms with Gasteiger partial charge in [0.2, 0.25) is 0 Å². The van der Waals surface area contributed by atoms with Gasteiger partial charge in [-0.05, 0) is 18.6 Å². The highest BCUT2D eigenvalue weighted by Gasteiger charge is 2.27. The molecule has 0 aliphatic carbocycles. The number of nitrogens with two attached hydrogens (primary N) is 1. The lowest BCUT2D eigenvalue weighted by molar-refractivity contribution is -0.176. The van der Waals surface area contributed by atoms with Gasteiger partial charge in [0.05, 0.1) is 11.5 Å². The van der Waals surface area contributed by atoms with E-state index in [1.807, 2.05) is 5.43 Å². The minimum absolute atomic E-state index is 0.181. The summed E-state index contributed by atoms with van der Waals surface area (Å²) in [6, 6.07) is 1.47. The minimum Gasteiger partial charge on any atom is -0.367 e. The lowest BCUT2D eigenvalue weighted by Crippen LogP contribution is -2.29. The largest absolute Gasteiger partial charge is 0.411 e. The molecule has 3 N–H and O–H groups in total. The molecule has 0 atom stereocenters. The molecule has 4 nitrogen and oxygen atoms in total. The molecule has 1 rings (SSSR count). The van der Waals surface area contributed by atoms with Crippen LogP contribution in [0.15, 0.2) is 6.07 Å². The molecule has 0 aromatic carbocycles. The van der Waals surface area contributed by atoms with Gasteiger partial charge in [0.25, 0.3) is 5.91 Å². The summed E-state index contributed by atoms with van der Waals surface area (Å²) in [5.41, 5.74) is 2.51. The van der Waals surface area contributed by atoms with Crippen LogP contribution < -0.4 is 11.3 Å². The third-order valence-electron chi connectivity index (χ3n) is 1.90. The van der Waals surface area contributed by atoms with Crippen LogP contribution in [0.4, 0.5) is 13.2 Å². The second-order valence-electron chi connectivity index (χ2n) is 3.27. The highest BCUT2D eigenvalue weighted by Crippen LogP contribution is 2.23. The second-order valence-corrected chi connectivity index (χ2v) is 4.53. The molecule has 17 heavy (non-hydrogen) atoms. The van der Waals surface area contributed by atoms with Crippen LogP contribution in [0.25, 0.3) is 0 Å². The zero-order valence-corrected chi connectivity index (χ0v) is 9.74. The molecule has 0 saturated heterocycles. The lowest BCUT2D eigenvalue weighted by Gasteiger charge is -2.06. The standard InChI is InChI=1S/C9H11F3N2O2S/c1-5-6(3-16-4-9(10,11)12)2-7(17-5)8(15)14-13/h2H,3-4,13H2,1H3,(H,14,15). The number of hydrazine groups is 1. The lowest BCUT2D eigenvalue weighted by atomic mass is 10.2. The minimum atomic E-state index is -4.35. The van der Waals surface area contributed by atoms with Gasteiger partial charge in [-0.25, -0.2) is 5.84 Å². The molecule has 1 amide bonds. The van der Waals surface area contributed by atoms with Crippen LogP contribution in [0.2, 0.25) is 0 Å². The summed E-state index contributed by atoms with van der Waals surface area (Å²) in [6.45, 7) is 0.213. The fourth-order valence-electron chi connectivity index (χ4n) is 1.12. The number of ether oxygens (including phenoxy) is 1. The summed E-state index contributed by atoms with van der Waals surface area (Å²) in [7, 11) is 0. The summed E-state index contributed by atoms with van der Waals surface area (Å²) < 4.78 is 40.0. The highest BCUT2D eigenvalue weighted by molar-refractivity contribution is 7.14. The molecule has 0 bridgehead atoms. The summed E-state index contributed by atoms with van der Waals surface area (Å²) >= 11 is 1.15. The molecule has 1 aromatic heterocycles. The zero-order chi connectivity index (χ0) is 13.1. The van der Waals surface area contributed by atoms with Crippen LogP contribution in [0.5, 0.6) is 0 Å². The Hall–Kier alpha value is -1.12. The van der Waals surface area contributed by atoms with Gasteiger partial charge in [-0.1, -0.05) is 0 Å². The Morgan fingerprint density at radius 1 is 1.59 bits per heavy atom. The normalized spacial score (nSPS) is 11.6. The predicted octanol–water partition coefficient (Wildman–Crippen LogP) is 1.74. The first-order valence-corrected chi connectivity index (χ1v) is 5.40. The third kappa shape index (κ3) is 4.33. The SMILES string of the molecule is Cc1sc(C(=O)NN)cc1COCC(F)(F)F. The van der Waals surface area contributed by atoms with E-state index in [9.17, 15) is 18.0 Å². The van der Waals surface area contributed by atoms with Gasteiger partial charge in [-0.2, -0.15) is 13.2 Å². The van der Waals surface area contributed by atoms with Gasteiger partial charge in [0.15, 0.2) is 0 Å². The Kier molecular flexibility index (Phi) is 4.49. The number of hydrogen-bond acceptors (Lipinski definition) is 4. The molecule has 0 unspecified atom stereocenters. The maximum atomic E-state index is 11.8. The van der Waals surface area contributed by atoms with Crippen molar-refractivity contribution < 1.29 is 22.7 Å². The fourth-order valence-corrected chi connectivity index (χ4v) is 2.05. The number of halogens is 3. The number of carbonyl (C=O) groups is 1. The Morgan fingerprint density at radius 2 is 2.24 bits per heavy atom. The smallest absolute Gasteiger partial charge is 0.367 e. The van der Waals surface area contributed by atoms with Crippen LogP contribution in [0.1, 0.15) is 20.1 Å².